The van der Waals surface area contributed by atoms with Gasteiger partial charge in [0.05, 0.1) is 0 Å². The Bertz CT molecular complexity index is 767. The second kappa shape index (κ2) is 11.5. The highest BCUT2D eigenvalue weighted by Crippen LogP contribution is 2.09. The molecule has 2 rings (SSSR count). The van der Waals surface area contributed by atoms with Crippen LogP contribution in [-0.4, -0.2) is 23.3 Å². The number of hydrogen-bond acceptors (Lipinski definition) is 2. The molecule has 0 fully saturated rings. The SMILES string of the molecule is C[C@H](CCCNC(=S)Nc1ccc(F)cc1)CNC(=S)Nc1ccc(F)cc1. The van der Waals surface area contributed by atoms with Crippen LogP contribution in [0.4, 0.5) is 20.2 Å². The molecular formula is C20H24F2N4S2. The zero-order valence-corrected chi connectivity index (χ0v) is 17.2. The van der Waals surface area contributed by atoms with Crippen molar-refractivity contribution in [3.8, 4) is 0 Å². The van der Waals surface area contributed by atoms with Crippen LogP contribution in [0.5, 0.6) is 0 Å². The van der Waals surface area contributed by atoms with E-state index < -0.39 is 0 Å². The van der Waals surface area contributed by atoms with E-state index in [4.69, 9.17) is 24.4 Å². The van der Waals surface area contributed by atoms with Crippen molar-refractivity contribution in [1.82, 2.24) is 10.6 Å². The molecule has 0 aromatic heterocycles. The summed E-state index contributed by atoms with van der Waals surface area (Å²) < 4.78 is 25.8. The minimum Gasteiger partial charge on any atom is -0.362 e. The van der Waals surface area contributed by atoms with Crippen molar-refractivity contribution in [2.75, 3.05) is 23.7 Å². The van der Waals surface area contributed by atoms with Crippen LogP contribution >= 0.6 is 24.4 Å². The molecule has 0 saturated heterocycles. The van der Waals surface area contributed by atoms with Crippen molar-refractivity contribution in [1.29, 1.82) is 0 Å². The number of hydrogen-bond donors (Lipinski definition) is 4. The van der Waals surface area contributed by atoms with E-state index in [2.05, 4.69) is 28.2 Å². The van der Waals surface area contributed by atoms with Crippen molar-refractivity contribution < 1.29 is 8.78 Å². The summed E-state index contributed by atoms with van der Waals surface area (Å²) in [4.78, 5) is 0. The second-order valence-corrected chi connectivity index (χ2v) is 7.29. The second-order valence-electron chi connectivity index (χ2n) is 6.48. The minimum atomic E-state index is -0.279. The van der Waals surface area contributed by atoms with Gasteiger partial charge in [0, 0.05) is 24.5 Å². The molecule has 150 valence electrons. The Balaban J connectivity index is 1.56. The van der Waals surface area contributed by atoms with Gasteiger partial charge in [-0.05, 0) is 91.7 Å². The average molecular weight is 423 g/mol. The van der Waals surface area contributed by atoms with Gasteiger partial charge in [0.2, 0.25) is 0 Å². The number of thiocarbonyl (C=S) groups is 2. The molecule has 0 amide bonds. The van der Waals surface area contributed by atoms with Crippen molar-refractivity contribution >= 4 is 46.0 Å². The van der Waals surface area contributed by atoms with Gasteiger partial charge in [-0.2, -0.15) is 0 Å². The van der Waals surface area contributed by atoms with Gasteiger partial charge in [-0.3, -0.25) is 0 Å². The lowest BCUT2D eigenvalue weighted by Gasteiger charge is -2.16. The molecule has 0 aliphatic carbocycles. The molecule has 0 spiro atoms. The fourth-order valence-electron chi connectivity index (χ4n) is 2.44. The van der Waals surface area contributed by atoms with Crippen molar-refractivity contribution in [2.45, 2.75) is 19.8 Å². The van der Waals surface area contributed by atoms with E-state index in [1.54, 1.807) is 24.3 Å². The Morgan fingerprint density at radius 3 is 1.79 bits per heavy atom. The normalized spacial score (nSPS) is 11.4. The first-order valence-corrected chi connectivity index (χ1v) is 9.85. The third kappa shape index (κ3) is 8.58. The third-order valence-electron chi connectivity index (χ3n) is 3.97. The summed E-state index contributed by atoms with van der Waals surface area (Å²) in [6.07, 6.45) is 1.95. The van der Waals surface area contributed by atoms with Gasteiger partial charge in [-0.15, -0.1) is 0 Å². The van der Waals surface area contributed by atoms with E-state index in [1.807, 2.05) is 0 Å². The predicted molar refractivity (Wildman–Crippen MR) is 120 cm³/mol. The monoisotopic (exact) mass is 422 g/mol. The Labute approximate surface area is 175 Å². The lowest BCUT2D eigenvalue weighted by molar-refractivity contribution is 0.501. The zero-order valence-electron chi connectivity index (χ0n) is 15.6. The van der Waals surface area contributed by atoms with E-state index in [1.165, 1.54) is 24.3 Å². The lowest BCUT2D eigenvalue weighted by Crippen LogP contribution is -2.33. The van der Waals surface area contributed by atoms with Gasteiger partial charge < -0.3 is 21.3 Å². The summed E-state index contributed by atoms with van der Waals surface area (Å²) in [5, 5.41) is 13.4. The smallest absolute Gasteiger partial charge is 0.170 e. The molecule has 0 bridgehead atoms. The highest BCUT2D eigenvalue weighted by atomic mass is 32.1. The van der Waals surface area contributed by atoms with E-state index in [-0.39, 0.29) is 11.6 Å². The summed E-state index contributed by atoms with van der Waals surface area (Å²) in [6.45, 7) is 3.63. The first kappa shape index (κ1) is 22.0. The third-order valence-corrected chi connectivity index (χ3v) is 4.47. The van der Waals surface area contributed by atoms with Gasteiger partial charge in [-0.25, -0.2) is 8.78 Å². The Hall–Kier alpha value is -2.32. The highest BCUT2D eigenvalue weighted by Gasteiger charge is 2.05. The number of nitrogens with one attached hydrogen (secondary N) is 4. The first-order valence-electron chi connectivity index (χ1n) is 9.03. The van der Waals surface area contributed by atoms with Gasteiger partial charge in [0.1, 0.15) is 11.6 Å². The molecule has 0 saturated carbocycles. The standard InChI is InChI=1S/C20H24F2N4S2/c1-14(13-24-20(28)26-18-10-6-16(22)7-11-18)3-2-12-23-19(27)25-17-8-4-15(21)5-9-17/h4-11,14H,2-3,12-13H2,1H3,(H2,23,25,27)(H2,24,26,28)/t14-/m1/s1. The number of halogens is 2. The molecule has 1 atom stereocenters. The molecule has 8 heteroatoms. The quantitative estimate of drug-likeness (QED) is 0.367. The van der Waals surface area contributed by atoms with Crippen molar-refractivity contribution in [3.63, 3.8) is 0 Å². The molecule has 2 aromatic carbocycles. The van der Waals surface area contributed by atoms with Gasteiger partial charge >= 0.3 is 0 Å². The number of rotatable bonds is 8. The van der Waals surface area contributed by atoms with Crippen LogP contribution in [0, 0.1) is 17.6 Å². The fraction of sp³-hybridized carbons (Fsp3) is 0.300. The summed E-state index contributed by atoms with van der Waals surface area (Å²) >= 11 is 10.5. The number of benzene rings is 2. The molecule has 0 heterocycles. The van der Waals surface area contributed by atoms with E-state index in [9.17, 15) is 8.78 Å². The van der Waals surface area contributed by atoms with E-state index in [0.717, 1.165) is 37.3 Å². The zero-order chi connectivity index (χ0) is 20.4. The molecule has 2 aromatic rings. The Morgan fingerprint density at radius 1 is 0.821 bits per heavy atom. The summed E-state index contributed by atoms with van der Waals surface area (Å²) in [7, 11) is 0. The number of anilines is 2. The molecule has 0 radical (unpaired) electrons. The molecule has 0 aliphatic rings. The van der Waals surface area contributed by atoms with Crippen molar-refractivity contribution in [3.05, 3.63) is 60.2 Å². The van der Waals surface area contributed by atoms with E-state index >= 15 is 0 Å². The van der Waals surface area contributed by atoms with Crippen LogP contribution in [0.25, 0.3) is 0 Å². The van der Waals surface area contributed by atoms with Crippen LogP contribution in [-0.2, 0) is 0 Å². The van der Waals surface area contributed by atoms with Gasteiger partial charge in [0.15, 0.2) is 10.2 Å². The predicted octanol–water partition coefficient (Wildman–Crippen LogP) is 4.65. The molecule has 4 N–H and O–H groups in total. The maximum absolute atomic E-state index is 12.9. The average Bonchev–Trinajstić information content (AvgIpc) is 2.67. The molecule has 0 unspecified atom stereocenters. The van der Waals surface area contributed by atoms with E-state index in [0.29, 0.717) is 16.1 Å². The molecule has 4 nitrogen and oxygen atoms in total. The highest BCUT2D eigenvalue weighted by molar-refractivity contribution is 7.80. The molecular weight excluding hydrogens is 398 g/mol. The largest absolute Gasteiger partial charge is 0.362 e. The maximum Gasteiger partial charge on any atom is 0.170 e. The fourth-order valence-corrected chi connectivity index (χ4v) is 2.86. The van der Waals surface area contributed by atoms with Crippen LogP contribution in [0.3, 0.4) is 0 Å². The molecule has 28 heavy (non-hydrogen) atoms. The maximum atomic E-state index is 12.9. The summed E-state index contributed by atoms with van der Waals surface area (Å²) in [5.74, 6) is -0.133. The minimum absolute atomic E-state index is 0.278. The van der Waals surface area contributed by atoms with Crippen LogP contribution < -0.4 is 21.3 Å². The topological polar surface area (TPSA) is 48.1 Å². The van der Waals surface area contributed by atoms with Crippen LogP contribution in [0.2, 0.25) is 0 Å². The lowest BCUT2D eigenvalue weighted by atomic mass is 10.1. The summed E-state index contributed by atoms with van der Waals surface area (Å²) in [6, 6.07) is 12.1. The molecule has 0 aliphatic heterocycles. The van der Waals surface area contributed by atoms with Crippen LogP contribution in [0.1, 0.15) is 19.8 Å². The summed E-state index contributed by atoms with van der Waals surface area (Å²) in [5.41, 5.74) is 1.50. The Kier molecular flexibility index (Phi) is 9.03. The van der Waals surface area contributed by atoms with Gasteiger partial charge in [0.25, 0.3) is 0 Å². The van der Waals surface area contributed by atoms with Crippen LogP contribution in [0.15, 0.2) is 48.5 Å². The van der Waals surface area contributed by atoms with Gasteiger partial charge in [-0.1, -0.05) is 6.92 Å². The van der Waals surface area contributed by atoms with Crippen molar-refractivity contribution in [2.24, 2.45) is 5.92 Å². The first-order chi connectivity index (χ1) is 13.4. The Morgan fingerprint density at radius 2 is 1.29 bits per heavy atom.